The minimum Gasteiger partial charge on any atom is -0.325 e. The minimum atomic E-state index is -0.399. The summed E-state index contributed by atoms with van der Waals surface area (Å²) >= 11 is 0. The number of carbonyl (C=O) groups is 1. The zero-order valence-electron chi connectivity index (χ0n) is 10.3. The van der Waals surface area contributed by atoms with Gasteiger partial charge in [-0.15, -0.1) is 0 Å². The molecule has 1 aliphatic rings. The van der Waals surface area contributed by atoms with Crippen LogP contribution in [0.25, 0.3) is 0 Å². The molecule has 2 N–H and O–H groups in total. The Hall–Kier alpha value is -2.43. The average molecular weight is 255 g/mol. The van der Waals surface area contributed by atoms with E-state index in [9.17, 15) is 9.59 Å². The van der Waals surface area contributed by atoms with Gasteiger partial charge in [-0.25, -0.2) is 0 Å². The van der Waals surface area contributed by atoms with Crippen LogP contribution in [0.2, 0.25) is 0 Å². The first kappa shape index (κ1) is 11.6. The Bertz CT molecular complexity index is 677. The lowest BCUT2D eigenvalue weighted by Crippen LogP contribution is -2.24. The van der Waals surface area contributed by atoms with Crippen molar-refractivity contribution in [1.82, 2.24) is 9.97 Å². The Balaban J connectivity index is 1.90. The summed E-state index contributed by atoms with van der Waals surface area (Å²) < 4.78 is 0. The molecule has 19 heavy (non-hydrogen) atoms. The third-order valence-corrected chi connectivity index (χ3v) is 3.25. The number of aromatic amines is 1. The number of hydrogen-bond acceptors (Lipinski definition) is 3. The van der Waals surface area contributed by atoms with Crippen LogP contribution in [-0.2, 0) is 12.8 Å². The first-order chi connectivity index (χ1) is 9.24. The van der Waals surface area contributed by atoms with E-state index in [1.165, 1.54) is 0 Å². The maximum Gasteiger partial charge on any atom is 0.261 e. The lowest BCUT2D eigenvalue weighted by molar-refractivity contribution is 0.102. The van der Waals surface area contributed by atoms with E-state index >= 15 is 0 Å². The summed E-state index contributed by atoms with van der Waals surface area (Å²) in [5.41, 5.74) is 2.43. The number of carbonyl (C=O) groups excluding carboxylic acids is 1. The number of nitrogens with zero attached hydrogens (tertiary/aromatic N) is 1. The summed E-state index contributed by atoms with van der Waals surface area (Å²) in [7, 11) is 0. The molecule has 2 aromatic heterocycles. The summed E-state index contributed by atoms with van der Waals surface area (Å²) in [6.45, 7) is 0. The zero-order chi connectivity index (χ0) is 13.2. The molecule has 1 aliphatic carbocycles. The van der Waals surface area contributed by atoms with Crippen LogP contribution in [0.1, 0.15) is 28.0 Å². The molecule has 5 heteroatoms. The van der Waals surface area contributed by atoms with E-state index in [1.807, 2.05) is 0 Å². The van der Waals surface area contributed by atoms with Crippen molar-refractivity contribution in [2.75, 3.05) is 5.32 Å². The van der Waals surface area contributed by atoms with Crippen molar-refractivity contribution in [3.8, 4) is 0 Å². The number of aromatic nitrogens is 2. The van der Waals surface area contributed by atoms with Gasteiger partial charge in [0.25, 0.3) is 11.5 Å². The molecule has 1 amide bonds. The van der Waals surface area contributed by atoms with Gasteiger partial charge >= 0.3 is 0 Å². The Morgan fingerprint density at radius 3 is 3.05 bits per heavy atom. The molecule has 0 aliphatic heterocycles. The molecular formula is C14H13N3O2. The SMILES string of the molecule is O=C(Nc1cccnc1)c1cc2c([nH]c1=O)CCC2. The molecule has 2 heterocycles. The third kappa shape index (κ3) is 2.27. The maximum absolute atomic E-state index is 12.1. The molecule has 0 aromatic carbocycles. The first-order valence-corrected chi connectivity index (χ1v) is 6.20. The monoisotopic (exact) mass is 255 g/mol. The summed E-state index contributed by atoms with van der Waals surface area (Å²) in [6, 6.07) is 5.15. The van der Waals surface area contributed by atoms with E-state index < -0.39 is 5.91 Å². The van der Waals surface area contributed by atoms with Crippen LogP contribution in [0.5, 0.6) is 0 Å². The molecule has 0 fully saturated rings. The van der Waals surface area contributed by atoms with Crippen LogP contribution >= 0.6 is 0 Å². The summed E-state index contributed by atoms with van der Waals surface area (Å²) in [5.74, 6) is -0.399. The number of nitrogens with one attached hydrogen (secondary N) is 2. The molecule has 0 saturated carbocycles. The highest BCUT2D eigenvalue weighted by Crippen LogP contribution is 2.19. The molecule has 2 aromatic rings. The smallest absolute Gasteiger partial charge is 0.261 e. The van der Waals surface area contributed by atoms with Gasteiger partial charge in [-0.1, -0.05) is 0 Å². The molecule has 0 bridgehead atoms. The van der Waals surface area contributed by atoms with Crippen LogP contribution in [-0.4, -0.2) is 15.9 Å². The zero-order valence-corrected chi connectivity index (χ0v) is 10.3. The van der Waals surface area contributed by atoms with Gasteiger partial charge in [-0.3, -0.25) is 14.6 Å². The third-order valence-electron chi connectivity index (χ3n) is 3.25. The van der Waals surface area contributed by atoms with Crippen molar-refractivity contribution in [3.63, 3.8) is 0 Å². The predicted molar refractivity (Wildman–Crippen MR) is 71.3 cm³/mol. The van der Waals surface area contributed by atoms with Crippen LogP contribution in [0, 0.1) is 0 Å². The minimum absolute atomic E-state index is 0.157. The van der Waals surface area contributed by atoms with E-state index in [-0.39, 0.29) is 11.1 Å². The standard InChI is InChI=1S/C14H13N3O2/c18-13(16-10-4-2-6-15-8-10)11-7-9-3-1-5-12(9)17-14(11)19/h2,4,6-8H,1,3,5H2,(H,16,18)(H,17,19). The molecule has 0 atom stereocenters. The fraction of sp³-hybridized carbons (Fsp3) is 0.214. The van der Waals surface area contributed by atoms with Crippen LogP contribution in [0.3, 0.4) is 0 Å². The average Bonchev–Trinajstić information content (AvgIpc) is 2.86. The highest BCUT2D eigenvalue weighted by molar-refractivity contribution is 6.04. The molecule has 3 rings (SSSR count). The van der Waals surface area contributed by atoms with Crippen molar-refractivity contribution in [1.29, 1.82) is 0 Å². The van der Waals surface area contributed by atoms with Crippen LogP contribution in [0.4, 0.5) is 5.69 Å². The number of fused-ring (bicyclic) bond motifs is 1. The molecule has 5 nitrogen and oxygen atoms in total. The van der Waals surface area contributed by atoms with E-state index in [4.69, 9.17) is 0 Å². The normalized spacial score (nSPS) is 13.1. The second-order valence-corrected chi connectivity index (χ2v) is 4.57. The number of amides is 1. The second kappa shape index (κ2) is 4.68. The predicted octanol–water partition coefficient (Wildman–Crippen LogP) is 1.51. The molecule has 96 valence electrons. The summed E-state index contributed by atoms with van der Waals surface area (Å²) in [6.07, 6.45) is 5.99. The number of aryl methyl sites for hydroxylation is 2. The number of H-pyrrole nitrogens is 1. The van der Waals surface area contributed by atoms with Gasteiger partial charge in [0.2, 0.25) is 0 Å². The van der Waals surface area contributed by atoms with Crippen LogP contribution < -0.4 is 10.9 Å². The van der Waals surface area contributed by atoms with Gasteiger partial charge in [0, 0.05) is 11.9 Å². The van der Waals surface area contributed by atoms with Gasteiger partial charge in [0.1, 0.15) is 5.56 Å². The van der Waals surface area contributed by atoms with Crippen molar-refractivity contribution in [2.45, 2.75) is 19.3 Å². The first-order valence-electron chi connectivity index (χ1n) is 6.20. The van der Waals surface area contributed by atoms with Gasteiger partial charge in [-0.2, -0.15) is 0 Å². The molecule has 0 unspecified atom stereocenters. The molecule has 0 saturated heterocycles. The van der Waals surface area contributed by atoms with Gasteiger partial charge < -0.3 is 10.3 Å². The Labute approximate surface area is 109 Å². The van der Waals surface area contributed by atoms with Gasteiger partial charge in [0.15, 0.2) is 0 Å². The second-order valence-electron chi connectivity index (χ2n) is 4.57. The van der Waals surface area contributed by atoms with Gasteiger partial charge in [-0.05, 0) is 43.0 Å². The maximum atomic E-state index is 12.1. The Morgan fingerprint density at radius 2 is 2.26 bits per heavy atom. The lowest BCUT2D eigenvalue weighted by Gasteiger charge is -2.06. The van der Waals surface area contributed by atoms with Gasteiger partial charge in [0.05, 0.1) is 11.9 Å². The quantitative estimate of drug-likeness (QED) is 0.854. The molecule has 0 spiro atoms. The number of hydrogen-bond donors (Lipinski definition) is 2. The molecular weight excluding hydrogens is 242 g/mol. The Morgan fingerprint density at radius 1 is 1.37 bits per heavy atom. The highest BCUT2D eigenvalue weighted by Gasteiger charge is 2.18. The van der Waals surface area contributed by atoms with E-state index in [0.29, 0.717) is 5.69 Å². The van der Waals surface area contributed by atoms with Crippen LogP contribution in [0.15, 0.2) is 35.4 Å². The fourth-order valence-corrected chi connectivity index (χ4v) is 2.32. The molecule has 0 radical (unpaired) electrons. The van der Waals surface area contributed by atoms with E-state index in [0.717, 1.165) is 30.5 Å². The topological polar surface area (TPSA) is 74.8 Å². The Kier molecular flexibility index (Phi) is 2.87. The van der Waals surface area contributed by atoms with E-state index in [1.54, 1.807) is 30.6 Å². The number of rotatable bonds is 2. The van der Waals surface area contributed by atoms with Crippen molar-refractivity contribution < 1.29 is 4.79 Å². The number of pyridine rings is 2. The highest BCUT2D eigenvalue weighted by atomic mass is 16.2. The van der Waals surface area contributed by atoms with Crippen molar-refractivity contribution in [3.05, 3.63) is 57.8 Å². The summed E-state index contributed by atoms with van der Waals surface area (Å²) in [4.78, 5) is 30.7. The largest absolute Gasteiger partial charge is 0.325 e. The fourth-order valence-electron chi connectivity index (χ4n) is 2.32. The number of anilines is 1. The lowest BCUT2D eigenvalue weighted by atomic mass is 10.1. The van der Waals surface area contributed by atoms with Crippen molar-refractivity contribution >= 4 is 11.6 Å². The van der Waals surface area contributed by atoms with E-state index in [2.05, 4.69) is 15.3 Å². The van der Waals surface area contributed by atoms with Crippen molar-refractivity contribution in [2.24, 2.45) is 0 Å². The summed E-state index contributed by atoms with van der Waals surface area (Å²) in [5, 5.41) is 2.67.